The van der Waals surface area contributed by atoms with Crippen LogP contribution >= 0.6 is 0 Å². The van der Waals surface area contributed by atoms with Gasteiger partial charge in [0, 0.05) is 25.4 Å². The third-order valence-electron chi connectivity index (χ3n) is 5.58. The molecule has 140 valence electrons. The van der Waals surface area contributed by atoms with Gasteiger partial charge in [-0.05, 0) is 50.9 Å². The predicted molar refractivity (Wildman–Crippen MR) is 95.3 cm³/mol. The van der Waals surface area contributed by atoms with Crippen LogP contribution in [-0.2, 0) is 27.7 Å². The molecule has 0 unspecified atom stereocenters. The molecular formula is C17H28N4O3S. The van der Waals surface area contributed by atoms with Gasteiger partial charge in [0.25, 0.3) is 0 Å². The first kappa shape index (κ1) is 17.3. The van der Waals surface area contributed by atoms with Crippen LogP contribution < -0.4 is 4.90 Å². The summed E-state index contributed by atoms with van der Waals surface area (Å²) < 4.78 is 31.7. The summed E-state index contributed by atoms with van der Waals surface area (Å²) in [4.78, 5) is 2.16. The van der Waals surface area contributed by atoms with Gasteiger partial charge in [-0.15, -0.1) is 10.2 Å². The molecule has 8 heteroatoms. The van der Waals surface area contributed by atoms with Gasteiger partial charge in [-0.3, -0.25) is 4.57 Å². The molecule has 1 aromatic rings. The number of anilines is 1. The minimum atomic E-state index is -3.01. The number of rotatable bonds is 8. The van der Waals surface area contributed by atoms with Gasteiger partial charge in [-0.1, -0.05) is 0 Å². The highest BCUT2D eigenvalue weighted by Crippen LogP contribution is 2.34. The Labute approximate surface area is 149 Å². The zero-order valence-electron chi connectivity index (χ0n) is 14.9. The van der Waals surface area contributed by atoms with Gasteiger partial charge in [-0.2, -0.15) is 0 Å². The summed E-state index contributed by atoms with van der Waals surface area (Å²) in [5.41, 5.74) is 0. The normalized spacial score (nSPS) is 24.7. The van der Waals surface area contributed by atoms with E-state index in [0.29, 0.717) is 18.6 Å². The highest BCUT2D eigenvalue weighted by molar-refractivity contribution is 7.90. The summed E-state index contributed by atoms with van der Waals surface area (Å²) in [7, 11) is -3.01. The average molecular weight is 369 g/mol. The number of aromatic nitrogens is 3. The monoisotopic (exact) mass is 368 g/mol. The van der Waals surface area contributed by atoms with E-state index in [1.807, 2.05) is 0 Å². The Morgan fingerprint density at radius 3 is 2.56 bits per heavy atom. The quantitative estimate of drug-likeness (QED) is 0.696. The van der Waals surface area contributed by atoms with Crippen molar-refractivity contribution < 1.29 is 13.2 Å². The molecule has 0 bridgehead atoms. The van der Waals surface area contributed by atoms with E-state index in [1.54, 1.807) is 0 Å². The topological polar surface area (TPSA) is 77.3 Å². The van der Waals surface area contributed by atoms with Crippen molar-refractivity contribution in [2.75, 3.05) is 23.5 Å². The standard InChI is InChI=1S/C17H28N4O3S/c1-25(22,23)12-14-4-3-9-20(14)17-19-18-16(11-24-15-5-2-6-15)21(17)10-13-7-8-13/h13-15H,2-12H2,1H3/t14-/m1/s1. The Hall–Kier alpha value is -1.15. The van der Waals surface area contributed by atoms with E-state index in [2.05, 4.69) is 19.7 Å². The first-order valence-electron chi connectivity index (χ1n) is 9.47. The van der Waals surface area contributed by atoms with Crippen molar-refractivity contribution >= 4 is 15.8 Å². The first-order chi connectivity index (χ1) is 12.0. The van der Waals surface area contributed by atoms with Crippen LogP contribution in [0.15, 0.2) is 0 Å². The second-order valence-corrected chi connectivity index (χ2v) is 10.1. The van der Waals surface area contributed by atoms with Crippen LogP contribution in [0.3, 0.4) is 0 Å². The van der Waals surface area contributed by atoms with Crippen LogP contribution in [-0.4, -0.2) is 53.9 Å². The molecule has 1 saturated heterocycles. The molecule has 3 aliphatic rings. The molecule has 1 aliphatic heterocycles. The lowest BCUT2D eigenvalue weighted by Crippen LogP contribution is -2.37. The Morgan fingerprint density at radius 2 is 1.92 bits per heavy atom. The third-order valence-corrected chi connectivity index (χ3v) is 6.57. The minimum Gasteiger partial charge on any atom is -0.370 e. The molecule has 3 fully saturated rings. The minimum absolute atomic E-state index is 0.0116. The fraction of sp³-hybridized carbons (Fsp3) is 0.882. The second kappa shape index (κ2) is 6.87. The average Bonchev–Trinajstić information content (AvgIpc) is 3.06. The number of hydrogen-bond acceptors (Lipinski definition) is 6. The maximum Gasteiger partial charge on any atom is 0.227 e. The van der Waals surface area contributed by atoms with Crippen LogP contribution in [0.2, 0.25) is 0 Å². The molecule has 0 N–H and O–H groups in total. The predicted octanol–water partition coefficient (Wildman–Crippen LogP) is 1.77. The molecule has 7 nitrogen and oxygen atoms in total. The molecule has 2 saturated carbocycles. The SMILES string of the molecule is CS(=O)(=O)C[C@H]1CCCN1c1nnc(COC2CCC2)n1CC1CC1. The van der Waals surface area contributed by atoms with Gasteiger partial charge in [0.1, 0.15) is 16.4 Å². The van der Waals surface area contributed by atoms with Gasteiger partial charge in [-0.25, -0.2) is 8.42 Å². The highest BCUT2D eigenvalue weighted by Gasteiger charge is 2.33. The van der Waals surface area contributed by atoms with E-state index in [9.17, 15) is 8.42 Å². The van der Waals surface area contributed by atoms with Gasteiger partial charge in [0.05, 0.1) is 11.9 Å². The Balaban J connectivity index is 1.53. The molecule has 0 spiro atoms. The third kappa shape index (κ3) is 4.16. The molecular weight excluding hydrogens is 340 g/mol. The van der Waals surface area contributed by atoms with Crippen LogP contribution in [0, 0.1) is 5.92 Å². The largest absolute Gasteiger partial charge is 0.370 e. The maximum atomic E-state index is 11.8. The van der Waals surface area contributed by atoms with E-state index in [-0.39, 0.29) is 11.8 Å². The van der Waals surface area contributed by atoms with Gasteiger partial charge in [0.15, 0.2) is 5.82 Å². The lowest BCUT2D eigenvalue weighted by Gasteiger charge is -2.27. The lowest BCUT2D eigenvalue weighted by atomic mass is 9.96. The van der Waals surface area contributed by atoms with Crippen LogP contribution in [0.5, 0.6) is 0 Å². The van der Waals surface area contributed by atoms with Crippen molar-refractivity contribution in [1.82, 2.24) is 14.8 Å². The summed E-state index contributed by atoms with van der Waals surface area (Å²) >= 11 is 0. The Morgan fingerprint density at radius 1 is 1.12 bits per heavy atom. The summed E-state index contributed by atoms with van der Waals surface area (Å²) in [5.74, 6) is 2.62. The Bertz CT molecular complexity index is 709. The molecule has 25 heavy (non-hydrogen) atoms. The second-order valence-electron chi connectivity index (χ2n) is 7.92. The number of nitrogens with zero attached hydrogens (tertiary/aromatic N) is 4. The van der Waals surface area contributed by atoms with Crippen molar-refractivity contribution in [2.45, 2.75) is 70.2 Å². The number of hydrogen-bond donors (Lipinski definition) is 0. The van der Waals surface area contributed by atoms with Crippen molar-refractivity contribution in [1.29, 1.82) is 0 Å². The number of sulfone groups is 1. The van der Waals surface area contributed by atoms with Crippen LogP contribution in [0.1, 0.15) is 50.8 Å². The maximum absolute atomic E-state index is 11.8. The van der Waals surface area contributed by atoms with Gasteiger partial charge in [0.2, 0.25) is 5.95 Å². The van der Waals surface area contributed by atoms with E-state index in [1.165, 1.54) is 25.5 Å². The first-order valence-corrected chi connectivity index (χ1v) is 11.5. The molecule has 2 aliphatic carbocycles. The summed E-state index contributed by atoms with van der Waals surface area (Å²) in [5, 5.41) is 8.84. The zero-order valence-corrected chi connectivity index (χ0v) is 15.7. The van der Waals surface area contributed by atoms with E-state index >= 15 is 0 Å². The number of ether oxygens (including phenoxy) is 1. The Kier molecular flexibility index (Phi) is 4.75. The van der Waals surface area contributed by atoms with Gasteiger partial charge >= 0.3 is 0 Å². The molecule has 2 heterocycles. The molecule has 0 radical (unpaired) electrons. The van der Waals surface area contributed by atoms with E-state index in [0.717, 1.165) is 50.5 Å². The molecule has 1 atom stereocenters. The summed E-state index contributed by atoms with van der Waals surface area (Å²) in [6.45, 7) is 2.29. The fourth-order valence-corrected chi connectivity index (χ4v) is 4.79. The van der Waals surface area contributed by atoms with Crippen LogP contribution in [0.4, 0.5) is 5.95 Å². The lowest BCUT2D eigenvalue weighted by molar-refractivity contribution is -0.0129. The zero-order chi connectivity index (χ0) is 17.4. The van der Waals surface area contributed by atoms with Crippen molar-refractivity contribution in [2.24, 2.45) is 5.92 Å². The van der Waals surface area contributed by atoms with Crippen molar-refractivity contribution in [3.05, 3.63) is 5.82 Å². The van der Waals surface area contributed by atoms with Crippen LogP contribution in [0.25, 0.3) is 0 Å². The highest BCUT2D eigenvalue weighted by atomic mass is 32.2. The fourth-order valence-electron chi connectivity index (χ4n) is 3.74. The smallest absolute Gasteiger partial charge is 0.227 e. The molecule has 0 aromatic carbocycles. The summed E-state index contributed by atoms with van der Waals surface area (Å²) in [6.07, 6.45) is 9.65. The molecule has 0 amide bonds. The van der Waals surface area contributed by atoms with Crippen molar-refractivity contribution in [3.63, 3.8) is 0 Å². The van der Waals surface area contributed by atoms with E-state index in [4.69, 9.17) is 4.74 Å². The molecule has 4 rings (SSSR count). The molecule has 1 aromatic heterocycles. The summed E-state index contributed by atoms with van der Waals surface area (Å²) in [6, 6.07) is 0.0116. The van der Waals surface area contributed by atoms with Gasteiger partial charge < -0.3 is 9.64 Å². The van der Waals surface area contributed by atoms with Crippen molar-refractivity contribution in [3.8, 4) is 0 Å². The van der Waals surface area contributed by atoms with E-state index < -0.39 is 9.84 Å².